The molecule has 2 heterocycles. The fraction of sp³-hybridized carbons (Fsp3) is 0.227. The Balaban J connectivity index is 1.53. The standard InChI is InChI=1S/C22H22N4O2S/c1-15(2)26-21(17-9-11-18(27-3)12-10-17)24-25-22(26)29-14-20-23-13-19(28-20)16-7-5-4-6-8-16/h4-13,15H,14H2,1-3H3. The normalized spacial score (nSPS) is 11.2. The van der Waals surface area contributed by atoms with Crippen LogP contribution in [0, 0.1) is 0 Å². The van der Waals surface area contributed by atoms with Gasteiger partial charge in [0.05, 0.1) is 19.1 Å². The lowest BCUT2D eigenvalue weighted by Crippen LogP contribution is -2.05. The number of ether oxygens (including phenoxy) is 1. The van der Waals surface area contributed by atoms with Crippen molar-refractivity contribution in [3.05, 3.63) is 66.7 Å². The van der Waals surface area contributed by atoms with Crippen LogP contribution in [0.1, 0.15) is 25.8 Å². The highest BCUT2D eigenvalue weighted by atomic mass is 32.2. The molecular weight excluding hydrogens is 384 g/mol. The average Bonchev–Trinajstić information content (AvgIpc) is 3.40. The molecule has 4 rings (SSSR count). The summed E-state index contributed by atoms with van der Waals surface area (Å²) < 4.78 is 13.3. The van der Waals surface area contributed by atoms with Crippen LogP contribution in [0.25, 0.3) is 22.7 Å². The van der Waals surface area contributed by atoms with Crippen molar-refractivity contribution in [1.29, 1.82) is 0 Å². The summed E-state index contributed by atoms with van der Waals surface area (Å²) >= 11 is 1.57. The van der Waals surface area contributed by atoms with Gasteiger partial charge in [-0.2, -0.15) is 0 Å². The first-order valence-corrected chi connectivity index (χ1v) is 10.4. The van der Waals surface area contributed by atoms with E-state index in [4.69, 9.17) is 9.15 Å². The Hall–Kier alpha value is -3.06. The summed E-state index contributed by atoms with van der Waals surface area (Å²) in [6, 6.07) is 18.0. The Kier molecular flexibility index (Phi) is 5.67. The number of rotatable bonds is 7. The molecule has 0 fully saturated rings. The first-order valence-electron chi connectivity index (χ1n) is 9.38. The molecule has 0 saturated heterocycles. The second kappa shape index (κ2) is 8.53. The van der Waals surface area contributed by atoms with E-state index in [1.54, 1.807) is 25.1 Å². The second-order valence-corrected chi connectivity index (χ2v) is 7.71. The topological polar surface area (TPSA) is 66.0 Å². The maximum atomic E-state index is 5.91. The molecule has 0 aliphatic rings. The van der Waals surface area contributed by atoms with Gasteiger partial charge < -0.3 is 9.15 Å². The van der Waals surface area contributed by atoms with Gasteiger partial charge in [0, 0.05) is 17.2 Å². The number of thioether (sulfide) groups is 1. The van der Waals surface area contributed by atoms with Gasteiger partial charge in [0.15, 0.2) is 16.7 Å². The molecule has 0 amide bonds. The number of oxazole rings is 1. The summed E-state index contributed by atoms with van der Waals surface area (Å²) in [4.78, 5) is 4.41. The fourth-order valence-corrected chi connectivity index (χ4v) is 3.94. The van der Waals surface area contributed by atoms with Gasteiger partial charge in [-0.1, -0.05) is 42.1 Å². The van der Waals surface area contributed by atoms with Crippen LogP contribution in [0.3, 0.4) is 0 Å². The molecule has 7 heteroatoms. The van der Waals surface area contributed by atoms with Crippen LogP contribution in [-0.4, -0.2) is 26.9 Å². The maximum absolute atomic E-state index is 5.91. The number of methoxy groups -OCH3 is 1. The smallest absolute Gasteiger partial charge is 0.205 e. The lowest BCUT2D eigenvalue weighted by Gasteiger charge is -2.13. The van der Waals surface area contributed by atoms with Crippen molar-refractivity contribution in [3.8, 4) is 28.5 Å². The van der Waals surface area contributed by atoms with Gasteiger partial charge in [-0.25, -0.2) is 4.98 Å². The molecule has 148 valence electrons. The first kappa shape index (κ1) is 19.3. The lowest BCUT2D eigenvalue weighted by atomic mass is 10.2. The Morgan fingerprint density at radius 3 is 2.45 bits per heavy atom. The molecule has 0 atom stereocenters. The maximum Gasteiger partial charge on any atom is 0.205 e. The quantitative estimate of drug-likeness (QED) is 0.379. The van der Waals surface area contributed by atoms with Gasteiger partial charge >= 0.3 is 0 Å². The molecule has 0 bridgehead atoms. The number of aromatic nitrogens is 4. The summed E-state index contributed by atoms with van der Waals surface area (Å²) in [6.45, 7) is 4.25. The summed E-state index contributed by atoms with van der Waals surface area (Å²) in [5, 5.41) is 9.68. The third-order valence-corrected chi connectivity index (χ3v) is 5.39. The fourth-order valence-electron chi connectivity index (χ4n) is 3.02. The van der Waals surface area contributed by atoms with E-state index in [2.05, 4.69) is 33.6 Å². The summed E-state index contributed by atoms with van der Waals surface area (Å²) in [7, 11) is 1.66. The van der Waals surface area contributed by atoms with Crippen LogP contribution in [-0.2, 0) is 5.75 Å². The van der Waals surface area contributed by atoms with E-state index in [0.717, 1.165) is 33.6 Å². The molecule has 0 aliphatic carbocycles. The SMILES string of the molecule is COc1ccc(-c2nnc(SCc3ncc(-c4ccccc4)o3)n2C(C)C)cc1. The lowest BCUT2D eigenvalue weighted by molar-refractivity contribution is 0.415. The van der Waals surface area contributed by atoms with E-state index in [0.29, 0.717) is 11.6 Å². The second-order valence-electron chi connectivity index (χ2n) is 6.77. The van der Waals surface area contributed by atoms with Crippen molar-refractivity contribution >= 4 is 11.8 Å². The number of hydrogen-bond donors (Lipinski definition) is 0. The predicted octanol–water partition coefficient (Wildman–Crippen LogP) is 5.48. The van der Waals surface area contributed by atoms with Gasteiger partial charge in [0.25, 0.3) is 0 Å². The molecule has 0 saturated carbocycles. The molecule has 0 spiro atoms. The van der Waals surface area contributed by atoms with Crippen LogP contribution in [0.2, 0.25) is 0 Å². The Labute approximate surface area is 174 Å². The van der Waals surface area contributed by atoms with E-state index >= 15 is 0 Å². The van der Waals surface area contributed by atoms with Crippen molar-refractivity contribution < 1.29 is 9.15 Å². The Morgan fingerprint density at radius 1 is 1.00 bits per heavy atom. The average molecular weight is 407 g/mol. The Bertz CT molecular complexity index is 1070. The molecule has 2 aromatic heterocycles. The van der Waals surface area contributed by atoms with Crippen LogP contribution < -0.4 is 4.74 Å². The van der Waals surface area contributed by atoms with Crippen molar-refractivity contribution in [2.75, 3.05) is 7.11 Å². The minimum Gasteiger partial charge on any atom is -0.497 e. The molecule has 0 N–H and O–H groups in total. The van der Waals surface area contributed by atoms with Crippen LogP contribution in [0.15, 0.2) is 70.4 Å². The zero-order chi connectivity index (χ0) is 20.2. The highest BCUT2D eigenvalue weighted by Gasteiger charge is 2.18. The zero-order valence-corrected chi connectivity index (χ0v) is 17.4. The minimum atomic E-state index is 0.217. The molecule has 0 radical (unpaired) electrons. The summed E-state index contributed by atoms with van der Waals surface area (Å²) in [5.41, 5.74) is 2.02. The van der Waals surface area contributed by atoms with Crippen molar-refractivity contribution in [2.45, 2.75) is 30.8 Å². The first-order chi connectivity index (χ1) is 14.2. The van der Waals surface area contributed by atoms with E-state index in [9.17, 15) is 0 Å². The number of benzene rings is 2. The summed E-state index contributed by atoms with van der Waals surface area (Å²) in [5.74, 6) is 3.67. The zero-order valence-electron chi connectivity index (χ0n) is 16.6. The largest absolute Gasteiger partial charge is 0.497 e. The molecular formula is C22H22N4O2S. The van der Waals surface area contributed by atoms with Crippen molar-refractivity contribution in [1.82, 2.24) is 19.7 Å². The highest BCUT2D eigenvalue weighted by Crippen LogP contribution is 2.31. The van der Waals surface area contributed by atoms with E-state index in [-0.39, 0.29) is 6.04 Å². The van der Waals surface area contributed by atoms with Crippen LogP contribution >= 0.6 is 11.8 Å². The van der Waals surface area contributed by atoms with Gasteiger partial charge in [-0.3, -0.25) is 4.57 Å². The molecule has 0 unspecified atom stereocenters. The van der Waals surface area contributed by atoms with Gasteiger partial charge in [-0.15, -0.1) is 10.2 Å². The van der Waals surface area contributed by atoms with Crippen LogP contribution in [0.4, 0.5) is 0 Å². The van der Waals surface area contributed by atoms with E-state index < -0.39 is 0 Å². The minimum absolute atomic E-state index is 0.217. The molecule has 2 aromatic carbocycles. The van der Waals surface area contributed by atoms with Crippen molar-refractivity contribution in [3.63, 3.8) is 0 Å². The van der Waals surface area contributed by atoms with Gasteiger partial charge in [0.2, 0.25) is 5.89 Å². The number of hydrogen-bond acceptors (Lipinski definition) is 6. The third-order valence-electron chi connectivity index (χ3n) is 4.47. The van der Waals surface area contributed by atoms with Crippen molar-refractivity contribution in [2.24, 2.45) is 0 Å². The third kappa shape index (κ3) is 4.19. The highest BCUT2D eigenvalue weighted by molar-refractivity contribution is 7.98. The van der Waals surface area contributed by atoms with Crippen LogP contribution in [0.5, 0.6) is 5.75 Å². The predicted molar refractivity (Wildman–Crippen MR) is 114 cm³/mol. The molecule has 0 aliphatic heterocycles. The van der Waals surface area contributed by atoms with E-state index in [1.807, 2.05) is 54.6 Å². The molecule has 29 heavy (non-hydrogen) atoms. The van der Waals surface area contributed by atoms with Gasteiger partial charge in [-0.05, 0) is 38.1 Å². The monoisotopic (exact) mass is 406 g/mol. The molecule has 4 aromatic rings. The molecule has 6 nitrogen and oxygen atoms in total. The summed E-state index contributed by atoms with van der Waals surface area (Å²) in [6.07, 6.45) is 1.77. The van der Waals surface area contributed by atoms with E-state index in [1.165, 1.54) is 0 Å². The van der Waals surface area contributed by atoms with Gasteiger partial charge in [0.1, 0.15) is 5.75 Å². The number of nitrogens with zero attached hydrogens (tertiary/aromatic N) is 4. The Morgan fingerprint density at radius 2 is 1.76 bits per heavy atom.